The Morgan fingerprint density at radius 1 is 1.24 bits per heavy atom. The van der Waals surface area contributed by atoms with Gasteiger partial charge in [-0.1, -0.05) is 6.07 Å². The maximum absolute atomic E-state index is 13.3. The van der Waals surface area contributed by atoms with Crippen LogP contribution >= 0.6 is 0 Å². The van der Waals surface area contributed by atoms with E-state index in [0.29, 0.717) is 45.2 Å². The molecule has 1 fully saturated rings. The molecule has 0 radical (unpaired) electrons. The van der Waals surface area contributed by atoms with E-state index in [1.807, 2.05) is 24.8 Å². The molecule has 11 heteroatoms. The van der Waals surface area contributed by atoms with E-state index in [4.69, 9.17) is 14.2 Å². The zero-order chi connectivity index (χ0) is 27.3. The highest BCUT2D eigenvalue weighted by Gasteiger charge is 2.41. The quantitative estimate of drug-likeness (QED) is 0.549. The van der Waals surface area contributed by atoms with Crippen LogP contribution in [0.25, 0.3) is 5.57 Å². The summed E-state index contributed by atoms with van der Waals surface area (Å²) in [6, 6.07) is 8.03. The number of halogens is 3. The van der Waals surface area contributed by atoms with Crippen LogP contribution in [0, 0.1) is 0 Å². The fourth-order valence-electron chi connectivity index (χ4n) is 4.56. The Kier molecular flexibility index (Phi) is 8.49. The minimum atomic E-state index is -4.55. The van der Waals surface area contributed by atoms with Crippen molar-refractivity contribution in [2.75, 3.05) is 40.0 Å². The summed E-state index contributed by atoms with van der Waals surface area (Å²) in [5.74, 6) is -0.171. The second-order valence-electron chi connectivity index (χ2n) is 9.32. The fourth-order valence-corrected chi connectivity index (χ4v) is 4.56. The molecule has 0 bridgehead atoms. The van der Waals surface area contributed by atoms with Gasteiger partial charge in [-0.05, 0) is 49.2 Å². The van der Waals surface area contributed by atoms with Gasteiger partial charge < -0.3 is 19.5 Å². The molecule has 204 valence electrons. The zero-order valence-electron chi connectivity index (χ0n) is 21.5. The van der Waals surface area contributed by atoms with Gasteiger partial charge in [-0.3, -0.25) is 14.7 Å². The molecule has 1 saturated heterocycles. The summed E-state index contributed by atoms with van der Waals surface area (Å²) in [5, 5.41) is 2.99. The predicted octanol–water partition coefficient (Wildman–Crippen LogP) is 4.18. The van der Waals surface area contributed by atoms with Gasteiger partial charge >= 0.3 is 6.18 Å². The third-order valence-electron chi connectivity index (χ3n) is 6.52. The Morgan fingerprint density at radius 2 is 2.00 bits per heavy atom. The number of carbonyl (C=O) groups is 1. The number of carbonyl (C=O) groups excluding carboxylic acids is 1. The number of pyridine rings is 1. The number of nitrogens with zero attached hydrogens (tertiary/aromatic N) is 3. The average Bonchev–Trinajstić information content (AvgIpc) is 2.90. The molecule has 1 N–H and O–H groups in total. The van der Waals surface area contributed by atoms with Gasteiger partial charge in [-0.15, -0.1) is 0 Å². The van der Waals surface area contributed by atoms with Crippen LogP contribution in [0.1, 0.15) is 41.8 Å². The van der Waals surface area contributed by atoms with Crippen LogP contribution in [0.3, 0.4) is 0 Å². The number of ether oxygens (including phenoxy) is 3. The number of nitrogens with one attached hydrogen (secondary N) is 1. The topological polar surface area (TPSA) is 85.3 Å². The second-order valence-corrected chi connectivity index (χ2v) is 9.32. The number of rotatable bonds is 8. The summed E-state index contributed by atoms with van der Waals surface area (Å²) < 4.78 is 56.2. The van der Waals surface area contributed by atoms with Crippen molar-refractivity contribution in [3.8, 4) is 5.88 Å². The molecule has 3 heterocycles. The molecule has 38 heavy (non-hydrogen) atoms. The molecular weight excluding hydrogens is 501 g/mol. The van der Waals surface area contributed by atoms with Crippen LogP contribution in [0.15, 0.2) is 53.3 Å². The lowest BCUT2D eigenvalue weighted by atomic mass is 9.90. The SMILES string of the molecule is COCC(C)Oc1ccc(C2=C(C)N=C[C@@](NC(=O)c3cccc(C(F)(F)F)c3)(N3CCOCC3)C2)cn1. The van der Waals surface area contributed by atoms with Gasteiger partial charge in [0.25, 0.3) is 5.91 Å². The molecule has 2 aromatic rings. The number of aromatic nitrogens is 1. The number of alkyl halides is 3. The Labute approximate surface area is 219 Å². The lowest BCUT2D eigenvalue weighted by Gasteiger charge is -2.45. The monoisotopic (exact) mass is 532 g/mol. The molecule has 1 amide bonds. The molecule has 1 unspecified atom stereocenters. The van der Waals surface area contributed by atoms with Crippen molar-refractivity contribution in [1.29, 1.82) is 0 Å². The van der Waals surface area contributed by atoms with E-state index in [9.17, 15) is 18.0 Å². The number of allylic oxidation sites excluding steroid dienone is 1. The summed E-state index contributed by atoms with van der Waals surface area (Å²) in [5.41, 5.74) is 0.385. The van der Waals surface area contributed by atoms with E-state index >= 15 is 0 Å². The normalized spacial score (nSPS) is 21.3. The van der Waals surface area contributed by atoms with E-state index in [-0.39, 0.29) is 11.7 Å². The summed E-state index contributed by atoms with van der Waals surface area (Å²) >= 11 is 0. The highest BCUT2D eigenvalue weighted by Crippen LogP contribution is 2.35. The van der Waals surface area contributed by atoms with Crippen molar-refractivity contribution in [1.82, 2.24) is 15.2 Å². The van der Waals surface area contributed by atoms with Crippen molar-refractivity contribution >= 4 is 17.7 Å². The summed E-state index contributed by atoms with van der Waals surface area (Å²) in [7, 11) is 1.60. The number of amides is 1. The van der Waals surface area contributed by atoms with Crippen molar-refractivity contribution in [3.05, 3.63) is 65.0 Å². The molecule has 0 saturated carbocycles. The number of hydrogen-bond acceptors (Lipinski definition) is 7. The smallest absolute Gasteiger partial charge is 0.416 e. The maximum atomic E-state index is 13.3. The fraction of sp³-hybridized carbons (Fsp3) is 0.444. The maximum Gasteiger partial charge on any atom is 0.416 e. The number of methoxy groups -OCH3 is 1. The molecule has 2 aliphatic heterocycles. The van der Waals surface area contributed by atoms with Gasteiger partial charge in [0.2, 0.25) is 5.88 Å². The Balaban J connectivity index is 1.61. The Hall–Kier alpha value is -3.28. The molecule has 0 spiro atoms. The highest BCUT2D eigenvalue weighted by atomic mass is 19.4. The Morgan fingerprint density at radius 3 is 2.66 bits per heavy atom. The largest absolute Gasteiger partial charge is 0.472 e. The van der Waals surface area contributed by atoms with E-state index in [2.05, 4.69) is 15.3 Å². The number of morpholine rings is 1. The first-order valence-electron chi connectivity index (χ1n) is 12.3. The molecule has 8 nitrogen and oxygen atoms in total. The van der Waals surface area contributed by atoms with Gasteiger partial charge in [-0.25, -0.2) is 4.98 Å². The van der Waals surface area contributed by atoms with Gasteiger partial charge in [0.05, 0.1) is 25.4 Å². The molecule has 4 rings (SSSR count). The molecule has 2 aliphatic rings. The number of hydrogen-bond donors (Lipinski definition) is 1. The summed E-state index contributed by atoms with van der Waals surface area (Å²) in [4.78, 5) is 24.4. The second kappa shape index (κ2) is 11.6. The molecule has 2 atom stereocenters. The zero-order valence-corrected chi connectivity index (χ0v) is 21.5. The van der Waals surface area contributed by atoms with Gasteiger partial charge in [0.15, 0.2) is 0 Å². The van der Waals surface area contributed by atoms with Crippen LogP contribution in [-0.2, 0) is 15.7 Å². The van der Waals surface area contributed by atoms with E-state index in [1.165, 1.54) is 12.1 Å². The average molecular weight is 533 g/mol. The van der Waals surface area contributed by atoms with Gasteiger partial charge in [0.1, 0.15) is 11.8 Å². The van der Waals surface area contributed by atoms with Crippen LogP contribution in [0.5, 0.6) is 5.88 Å². The Bertz CT molecular complexity index is 1190. The lowest BCUT2D eigenvalue weighted by Crippen LogP contribution is -2.65. The third kappa shape index (κ3) is 6.40. The van der Waals surface area contributed by atoms with Crippen LogP contribution in [0.2, 0.25) is 0 Å². The number of aliphatic imine (C=N–C) groups is 1. The van der Waals surface area contributed by atoms with E-state index in [1.54, 1.807) is 25.6 Å². The first kappa shape index (κ1) is 27.7. The lowest BCUT2D eigenvalue weighted by molar-refractivity contribution is -0.137. The molecule has 0 aliphatic carbocycles. The van der Waals surface area contributed by atoms with Crippen molar-refractivity contribution in [3.63, 3.8) is 0 Å². The standard InChI is InChI=1S/C27H31F3N4O4/c1-18(16-36-3)38-24-8-7-21(15-31-24)23-14-26(17-32-19(23)2,34-9-11-37-12-10-34)33-25(35)20-5-4-6-22(13-20)27(28,29)30/h4-8,13,15,17-18H,9-12,14,16H2,1-3H3,(H,33,35)/t18?,26-/m0/s1. The van der Waals surface area contributed by atoms with Crippen molar-refractivity contribution in [2.45, 2.75) is 38.2 Å². The van der Waals surface area contributed by atoms with Crippen LogP contribution in [0.4, 0.5) is 13.2 Å². The predicted molar refractivity (Wildman–Crippen MR) is 136 cm³/mol. The highest BCUT2D eigenvalue weighted by molar-refractivity contribution is 5.98. The number of benzene rings is 1. The summed E-state index contributed by atoms with van der Waals surface area (Å²) in [6.45, 7) is 6.13. The van der Waals surface area contributed by atoms with Crippen molar-refractivity contribution in [2.24, 2.45) is 4.99 Å². The first-order chi connectivity index (χ1) is 18.1. The molecule has 1 aromatic carbocycles. The minimum absolute atomic E-state index is 0.0815. The van der Waals surface area contributed by atoms with Crippen LogP contribution in [-0.4, -0.2) is 73.8 Å². The molecule has 1 aromatic heterocycles. The first-order valence-corrected chi connectivity index (χ1v) is 12.3. The van der Waals surface area contributed by atoms with E-state index in [0.717, 1.165) is 29.0 Å². The van der Waals surface area contributed by atoms with Crippen LogP contribution < -0.4 is 10.1 Å². The summed E-state index contributed by atoms with van der Waals surface area (Å²) in [6.07, 6.45) is -1.03. The van der Waals surface area contributed by atoms with Gasteiger partial charge in [-0.2, -0.15) is 13.2 Å². The minimum Gasteiger partial charge on any atom is -0.472 e. The molecular formula is C27H31F3N4O4. The van der Waals surface area contributed by atoms with E-state index < -0.39 is 23.3 Å². The van der Waals surface area contributed by atoms with Gasteiger partial charge in [0, 0.05) is 56.4 Å². The third-order valence-corrected chi connectivity index (χ3v) is 6.52. The van der Waals surface area contributed by atoms with Crippen molar-refractivity contribution < 1.29 is 32.2 Å².